The molecule has 14 heavy (non-hydrogen) atoms. The van der Waals surface area contributed by atoms with Gasteiger partial charge in [0, 0.05) is 21.1 Å². The molecule has 0 fully saturated rings. The fourth-order valence-corrected chi connectivity index (χ4v) is 2.91. The highest BCUT2D eigenvalue weighted by atomic mass is 79.9. The maximum atomic E-state index is 9.22. The lowest BCUT2D eigenvalue weighted by atomic mass is 10.1. The number of nitrogens with two attached hydrogens (primary N) is 1. The third kappa shape index (κ3) is 1.43. The SMILES string of the molecule is Nc1c(CBr)cc(CO)c2sccc12. The van der Waals surface area contributed by atoms with Crippen molar-refractivity contribution in [3.8, 4) is 0 Å². The van der Waals surface area contributed by atoms with Crippen molar-refractivity contribution in [1.82, 2.24) is 0 Å². The summed E-state index contributed by atoms with van der Waals surface area (Å²) < 4.78 is 1.09. The first-order valence-corrected chi connectivity index (χ1v) is 6.22. The van der Waals surface area contributed by atoms with Crippen LogP contribution in [0, 0.1) is 0 Å². The number of aliphatic hydroxyl groups is 1. The molecule has 0 unspecified atom stereocenters. The molecule has 74 valence electrons. The number of aliphatic hydroxyl groups excluding tert-OH is 1. The number of alkyl halides is 1. The number of rotatable bonds is 2. The van der Waals surface area contributed by atoms with Crippen LogP contribution in [0.1, 0.15) is 11.1 Å². The Morgan fingerprint density at radius 3 is 2.86 bits per heavy atom. The topological polar surface area (TPSA) is 46.2 Å². The fourth-order valence-electron chi connectivity index (χ4n) is 1.52. The van der Waals surface area contributed by atoms with Crippen LogP contribution in [0.15, 0.2) is 17.5 Å². The van der Waals surface area contributed by atoms with E-state index >= 15 is 0 Å². The summed E-state index contributed by atoms with van der Waals surface area (Å²) in [6.07, 6.45) is 0. The first kappa shape index (κ1) is 9.96. The Kier molecular flexibility index (Phi) is 2.76. The van der Waals surface area contributed by atoms with Gasteiger partial charge in [-0.2, -0.15) is 0 Å². The van der Waals surface area contributed by atoms with Crippen LogP contribution in [-0.4, -0.2) is 5.11 Å². The second kappa shape index (κ2) is 3.88. The average Bonchev–Trinajstić information content (AvgIpc) is 2.68. The van der Waals surface area contributed by atoms with E-state index in [4.69, 9.17) is 5.73 Å². The summed E-state index contributed by atoms with van der Waals surface area (Å²) in [6, 6.07) is 3.96. The first-order chi connectivity index (χ1) is 6.77. The molecule has 1 aromatic carbocycles. The van der Waals surface area contributed by atoms with Crippen LogP contribution in [0.2, 0.25) is 0 Å². The smallest absolute Gasteiger partial charge is 0.0695 e. The van der Waals surface area contributed by atoms with E-state index in [0.29, 0.717) is 0 Å². The number of thiophene rings is 1. The minimum Gasteiger partial charge on any atom is -0.398 e. The zero-order chi connectivity index (χ0) is 10.1. The minimum absolute atomic E-state index is 0.0668. The number of halogens is 1. The van der Waals surface area contributed by atoms with E-state index in [1.165, 1.54) is 0 Å². The zero-order valence-electron chi connectivity index (χ0n) is 7.46. The lowest BCUT2D eigenvalue weighted by Gasteiger charge is -2.07. The van der Waals surface area contributed by atoms with E-state index in [9.17, 15) is 5.11 Å². The molecule has 4 heteroatoms. The van der Waals surface area contributed by atoms with Crippen molar-refractivity contribution in [3.63, 3.8) is 0 Å². The lowest BCUT2D eigenvalue weighted by molar-refractivity contribution is 0.283. The lowest BCUT2D eigenvalue weighted by Crippen LogP contribution is -1.95. The quantitative estimate of drug-likeness (QED) is 0.652. The molecule has 0 aliphatic carbocycles. The molecule has 0 aliphatic rings. The Morgan fingerprint density at radius 1 is 1.43 bits per heavy atom. The Hall–Kier alpha value is -0.580. The summed E-state index contributed by atoms with van der Waals surface area (Å²) in [4.78, 5) is 0. The van der Waals surface area contributed by atoms with Crippen molar-refractivity contribution in [3.05, 3.63) is 28.6 Å². The molecule has 1 aromatic heterocycles. The van der Waals surface area contributed by atoms with Gasteiger partial charge in [-0.15, -0.1) is 11.3 Å². The van der Waals surface area contributed by atoms with Crippen LogP contribution < -0.4 is 5.73 Å². The van der Waals surface area contributed by atoms with Crippen LogP contribution >= 0.6 is 27.3 Å². The highest BCUT2D eigenvalue weighted by Crippen LogP contribution is 2.33. The summed E-state index contributed by atoms with van der Waals surface area (Å²) >= 11 is 5.00. The number of benzene rings is 1. The molecule has 0 amide bonds. The molecule has 2 rings (SSSR count). The first-order valence-electron chi connectivity index (χ1n) is 4.22. The van der Waals surface area contributed by atoms with Gasteiger partial charge in [0.1, 0.15) is 0 Å². The summed E-state index contributed by atoms with van der Waals surface area (Å²) in [6.45, 7) is 0.0668. The van der Waals surface area contributed by atoms with E-state index in [2.05, 4.69) is 15.9 Å². The maximum Gasteiger partial charge on any atom is 0.0695 e. The van der Waals surface area contributed by atoms with Crippen molar-refractivity contribution >= 4 is 43.0 Å². The van der Waals surface area contributed by atoms with E-state index in [0.717, 1.165) is 32.2 Å². The molecule has 0 spiro atoms. The van der Waals surface area contributed by atoms with Gasteiger partial charge < -0.3 is 10.8 Å². The van der Waals surface area contributed by atoms with E-state index < -0.39 is 0 Å². The van der Waals surface area contributed by atoms with Crippen molar-refractivity contribution in [2.24, 2.45) is 0 Å². The average molecular weight is 272 g/mol. The Labute approximate surface area is 94.5 Å². The summed E-state index contributed by atoms with van der Waals surface area (Å²) in [5.41, 5.74) is 8.81. The largest absolute Gasteiger partial charge is 0.398 e. The van der Waals surface area contributed by atoms with Crippen LogP contribution in [0.3, 0.4) is 0 Å². The second-order valence-corrected chi connectivity index (χ2v) is 4.54. The van der Waals surface area contributed by atoms with E-state index in [1.54, 1.807) is 11.3 Å². The molecule has 3 N–H and O–H groups in total. The van der Waals surface area contributed by atoms with Gasteiger partial charge in [-0.05, 0) is 28.6 Å². The Balaban J connectivity index is 2.80. The van der Waals surface area contributed by atoms with Crippen LogP contribution in [0.5, 0.6) is 0 Å². The molecule has 0 bridgehead atoms. The molecule has 1 heterocycles. The van der Waals surface area contributed by atoms with Crippen LogP contribution in [-0.2, 0) is 11.9 Å². The molecule has 0 saturated carbocycles. The highest BCUT2D eigenvalue weighted by molar-refractivity contribution is 9.08. The molecular formula is C10H10BrNOS. The predicted molar refractivity (Wildman–Crippen MR) is 64.8 cm³/mol. The predicted octanol–water partition coefficient (Wildman–Crippen LogP) is 2.87. The fraction of sp³-hybridized carbons (Fsp3) is 0.200. The number of anilines is 1. The van der Waals surface area contributed by atoms with Crippen LogP contribution in [0.25, 0.3) is 10.1 Å². The van der Waals surface area contributed by atoms with Gasteiger partial charge >= 0.3 is 0 Å². The standard InChI is InChI=1S/C10H10BrNOS/c11-4-6-3-7(5-13)10-8(9(6)12)1-2-14-10/h1-3,13H,4-5,12H2. The van der Waals surface area contributed by atoms with Crippen molar-refractivity contribution in [2.75, 3.05) is 5.73 Å². The van der Waals surface area contributed by atoms with Gasteiger partial charge in [-0.25, -0.2) is 0 Å². The van der Waals surface area contributed by atoms with Gasteiger partial charge in [0.05, 0.1) is 6.61 Å². The summed E-state index contributed by atoms with van der Waals surface area (Å²) in [7, 11) is 0. The van der Waals surface area contributed by atoms with Crippen LogP contribution in [0.4, 0.5) is 5.69 Å². The maximum absolute atomic E-state index is 9.22. The molecule has 2 nitrogen and oxygen atoms in total. The van der Waals surface area contributed by atoms with Crippen molar-refractivity contribution in [1.29, 1.82) is 0 Å². The number of hydrogen-bond donors (Lipinski definition) is 2. The monoisotopic (exact) mass is 271 g/mol. The Bertz CT molecular complexity index is 466. The number of fused-ring (bicyclic) bond motifs is 1. The third-order valence-electron chi connectivity index (χ3n) is 2.26. The molecular weight excluding hydrogens is 262 g/mol. The van der Waals surface area contributed by atoms with E-state index in [1.807, 2.05) is 17.5 Å². The van der Waals surface area contributed by atoms with Crippen molar-refractivity contribution < 1.29 is 5.11 Å². The van der Waals surface area contributed by atoms with Gasteiger partial charge in [0.2, 0.25) is 0 Å². The normalized spacial score (nSPS) is 11.0. The van der Waals surface area contributed by atoms with Crippen molar-refractivity contribution in [2.45, 2.75) is 11.9 Å². The zero-order valence-corrected chi connectivity index (χ0v) is 9.86. The van der Waals surface area contributed by atoms with Gasteiger partial charge in [0.25, 0.3) is 0 Å². The summed E-state index contributed by atoms with van der Waals surface area (Å²) in [5.74, 6) is 0. The number of nitrogen functional groups attached to an aromatic ring is 1. The molecule has 2 aromatic rings. The minimum atomic E-state index is 0.0668. The number of hydrogen-bond acceptors (Lipinski definition) is 3. The molecule has 0 aliphatic heterocycles. The van der Waals surface area contributed by atoms with Gasteiger partial charge in [0.15, 0.2) is 0 Å². The van der Waals surface area contributed by atoms with Gasteiger partial charge in [-0.1, -0.05) is 15.9 Å². The molecule has 0 atom stereocenters. The Morgan fingerprint density at radius 2 is 2.21 bits per heavy atom. The molecule has 0 radical (unpaired) electrons. The summed E-state index contributed by atoms with van der Waals surface area (Å²) in [5, 5.41) is 13.0. The van der Waals surface area contributed by atoms with Gasteiger partial charge in [-0.3, -0.25) is 0 Å². The second-order valence-electron chi connectivity index (χ2n) is 3.06. The van der Waals surface area contributed by atoms with E-state index in [-0.39, 0.29) is 6.61 Å². The highest BCUT2D eigenvalue weighted by Gasteiger charge is 2.09. The molecule has 0 saturated heterocycles. The third-order valence-corrected chi connectivity index (χ3v) is 3.85.